The van der Waals surface area contributed by atoms with Crippen molar-refractivity contribution >= 4 is 12.0 Å². The van der Waals surface area contributed by atoms with Crippen LogP contribution < -0.4 is 14.2 Å². The smallest absolute Gasteiger partial charge is 0.246 e. The van der Waals surface area contributed by atoms with E-state index in [1.54, 1.807) is 50.5 Å². The van der Waals surface area contributed by atoms with Gasteiger partial charge in [0.05, 0.1) is 21.3 Å². The highest BCUT2D eigenvalue weighted by Crippen LogP contribution is 2.38. The van der Waals surface area contributed by atoms with E-state index in [0.717, 1.165) is 5.56 Å². The van der Waals surface area contributed by atoms with Gasteiger partial charge in [0.15, 0.2) is 11.5 Å². The molecule has 0 atom stereocenters. The van der Waals surface area contributed by atoms with Crippen LogP contribution in [-0.2, 0) is 4.79 Å². The number of ether oxygens (including phenoxy) is 3. The molecular weight excluding hydrogens is 270 g/mol. The van der Waals surface area contributed by atoms with Gasteiger partial charge in [0.25, 0.3) is 0 Å². The van der Waals surface area contributed by atoms with Crippen molar-refractivity contribution in [3.63, 3.8) is 0 Å². The number of amides is 1. The molecule has 0 aromatic heterocycles. The van der Waals surface area contributed by atoms with E-state index in [2.05, 4.69) is 0 Å². The first-order valence-corrected chi connectivity index (χ1v) is 6.88. The molecule has 0 heterocycles. The van der Waals surface area contributed by atoms with Gasteiger partial charge in [0, 0.05) is 19.2 Å². The van der Waals surface area contributed by atoms with E-state index in [1.165, 1.54) is 0 Å². The molecule has 0 aliphatic rings. The van der Waals surface area contributed by atoms with Crippen LogP contribution >= 0.6 is 0 Å². The Bertz CT molecular complexity index is 482. The fraction of sp³-hybridized carbons (Fsp3) is 0.438. The summed E-state index contributed by atoms with van der Waals surface area (Å²) in [5.74, 6) is 1.64. The lowest BCUT2D eigenvalue weighted by molar-refractivity contribution is -0.125. The van der Waals surface area contributed by atoms with Gasteiger partial charge in [-0.1, -0.05) is 0 Å². The SMILES string of the molecule is CCN(CC)C(=O)/C=C/c1cc(OC)c(OC)c(OC)c1. The Kier molecular flexibility index (Phi) is 6.59. The zero-order valence-corrected chi connectivity index (χ0v) is 13.3. The van der Waals surface area contributed by atoms with Crippen LogP contribution in [0.15, 0.2) is 18.2 Å². The van der Waals surface area contributed by atoms with E-state index < -0.39 is 0 Å². The maximum absolute atomic E-state index is 12.0. The predicted molar refractivity (Wildman–Crippen MR) is 83.1 cm³/mol. The molecular formula is C16H23NO4. The lowest BCUT2D eigenvalue weighted by Crippen LogP contribution is -2.28. The van der Waals surface area contributed by atoms with Gasteiger partial charge in [-0.15, -0.1) is 0 Å². The summed E-state index contributed by atoms with van der Waals surface area (Å²) in [6.45, 7) is 5.28. The summed E-state index contributed by atoms with van der Waals surface area (Å²) in [7, 11) is 4.68. The molecule has 0 aliphatic carbocycles. The van der Waals surface area contributed by atoms with Crippen LogP contribution in [-0.4, -0.2) is 45.2 Å². The average Bonchev–Trinajstić information content (AvgIpc) is 2.52. The Hall–Kier alpha value is -2.17. The Morgan fingerprint density at radius 1 is 1.05 bits per heavy atom. The maximum atomic E-state index is 12.0. The standard InChI is InChI=1S/C16H23NO4/c1-6-17(7-2)15(18)9-8-12-10-13(19-3)16(21-5)14(11-12)20-4/h8-11H,6-7H2,1-5H3/b9-8+. The van der Waals surface area contributed by atoms with Crippen molar-refractivity contribution in [2.24, 2.45) is 0 Å². The Balaban J connectivity index is 3.06. The average molecular weight is 293 g/mol. The lowest BCUT2D eigenvalue weighted by atomic mass is 10.1. The molecule has 21 heavy (non-hydrogen) atoms. The van der Waals surface area contributed by atoms with Gasteiger partial charge in [-0.05, 0) is 37.6 Å². The first-order chi connectivity index (χ1) is 10.1. The van der Waals surface area contributed by atoms with Gasteiger partial charge < -0.3 is 19.1 Å². The van der Waals surface area contributed by atoms with Crippen molar-refractivity contribution in [2.45, 2.75) is 13.8 Å². The Morgan fingerprint density at radius 3 is 1.95 bits per heavy atom. The molecule has 0 unspecified atom stereocenters. The summed E-state index contributed by atoms with van der Waals surface area (Å²) in [6.07, 6.45) is 3.29. The number of carbonyl (C=O) groups is 1. The molecule has 1 aromatic rings. The topological polar surface area (TPSA) is 48.0 Å². The molecule has 0 saturated carbocycles. The van der Waals surface area contributed by atoms with Crippen molar-refractivity contribution in [3.8, 4) is 17.2 Å². The highest BCUT2D eigenvalue weighted by Gasteiger charge is 2.12. The summed E-state index contributed by atoms with van der Waals surface area (Å²) < 4.78 is 15.8. The molecule has 0 saturated heterocycles. The molecule has 1 amide bonds. The van der Waals surface area contributed by atoms with Gasteiger partial charge in [-0.2, -0.15) is 0 Å². The van der Waals surface area contributed by atoms with Crippen LogP contribution in [0.25, 0.3) is 6.08 Å². The largest absolute Gasteiger partial charge is 0.493 e. The second-order valence-corrected chi connectivity index (χ2v) is 4.30. The van der Waals surface area contributed by atoms with E-state index in [-0.39, 0.29) is 5.91 Å². The van der Waals surface area contributed by atoms with Crippen LogP contribution in [0, 0.1) is 0 Å². The van der Waals surface area contributed by atoms with Gasteiger partial charge in [-0.3, -0.25) is 4.79 Å². The van der Waals surface area contributed by atoms with Gasteiger partial charge in [-0.25, -0.2) is 0 Å². The molecule has 0 spiro atoms. The summed E-state index contributed by atoms with van der Waals surface area (Å²) >= 11 is 0. The number of hydrogen-bond acceptors (Lipinski definition) is 4. The first-order valence-electron chi connectivity index (χ1n) is 6.88. The third-order valence-corrected chi connectivity index (χ3v) is 3.18. The van der Waals surface area contributed by atoms with Crippen molar-refractivity contribution < 1.29 is 19.0 Å². The summed E-state index contributed by atoms with van der Waals surface area (Å²) in [5.41, 5.74) is 0.810. The predicted octanol–water partition coefficient (Wildman–Crippen LogP) is 2.59. The first kappa shape index (κ1) is 16.9. The zero-order chi connectivity index (χ0) is 15.8. The Labute approximate surface area is 126 Å². The number of benzene rings is 1. The van der Waals surface area contributed by atoms with Crippen LogP contribution in [0.5, 0.6) is 17.2 Å². The summed E-state index contributed by atoms with van der Waals surface area (Å²) in [4.78, 5) is 13.7. The molecule has 0 bridgehead atoms. The minimum absolute atomic E-state index is 0.0197. The normalized spacial score (nSPS) is 10.5. The molecule has 5 heteroatoms. The van der Waals surface area contributed by atoms with E-state index in [4.69, 9.17) is 14.2 Å². The van der Waals surface area contributed by atoms with E-state index in [9.17, 15) is 4.79 Å². The number of carbonyl (C=O) groups excluding carboxylic acids is 1. The quantitative estimate of drug-likeness (QED) is 0.725. The Morgan fingerprint density at radius 2 is 1.57 bits per heavy atom. The van der Waals surface area contributed by atoms with E-state index in [0.29, 0.717) is 30.3 Å². The summed E-state index contributed by atoms with van der Waals surface area (Å²) in [6, 6.07) is 3.60. The highest BCUT2D eigenvalue weighted by molar-refractivity contribution is 5.92. The van der Waals surface area contributed by atoms with Crippen molar-refractivity contribution in [1.82, 2.24) is 4.90 Å². The van der Waals surface area contributed by atoms with Crippen LogP contribution in [0.2, 0.25) is 0 Å². The fourth-order valence-corrected chi connectivity index (χ4v) is 2.01. The molecule has 0 radical (unpaired) electrons. The minimum atomic E-state index is -0.0197. The highest BCUT2D eigenvalue weighted by atomic mass is 16.5. The zero-order valence-electron chi connectivity index (χ0n) is 13.3. The maximum Gasteiger partial charge on any atom is 0.246 e. The molecule has 116 valence electrons. The fourth-order valence-electron chi connectivity index (χ4n) is 2.01. The van der Waals surface area contributed by atoms with Crippen LogP contribution in [0.3, 0.4) is 0 Å². The minimum Gasteiger partial charge on any atom is -0.493 e. The number of nitrogens with zero attached hydrogens (tertiary/aromatic N) is 1. The third-order valence-electron chi connectivity index (χ3n) is 3.18. The van der Waals surface area contributed by atoms with Crippen molar-refractivity contribution in [2.75, 3.05) is 34.4 Å². The molecule has 0 N–H and O–H groups in total. The number of methoxy groups -OCH3 is 3. The molecule has 0 fully saturated rings. The van der Waals surface area contributed by atoms with Gasteiger partial charge in [0.1, 0.15) is 0 Å². The second kappa shape index (κ2) is 8.19. The molecule has 5 nitrogen and oxygen atoms in total. The van der Waals surface area contributed by atoms with E-state index >= 15 is 0 Å². The van der Waals surface area contributed by atoms with Gasteiger partial charge >= 0.3 is 0 Å². The monoisotopic (exact) mass is 293 g/mol. The number of hydrogen-bond donors (Lipinski definition) is 0. The van der Waals surface area contributed by atoms with E-state index in [1.807, 2.05) is 13.8 Å². The summed E-state index contributed by atoms with van der Waals surface area (Å²) in [5, 5.41) is 0. The van der Waals surface area contributed by atoms with Gasteiger partial charge in [0.2, 0.25) is 11.7 Å². The molecule has 0 aliphatic heterocycles. The number of rotatable bonds is 7. The second-order valence-electron chi connectivity index (χ2n) is 4.30. The van der Waals surface area contributed by atoms with Crippen molar-refractivity contribution in [1.29, 1.82) is 0 Å². The van der Waals surface area contributed by atoms with Crippen molar-refractivity contribution in [3.05, 3.63) is 23.8 Å². The molecule has 1 rings (SSSR count). The lowest BCUT2D eigenvalue weighted by Gasteiger charge is -2.16. The van der Waals surface area contributed by atoms with Crippen LogP contribution in [0.4, 0.5) is 0 Å². The number of likely N-dealkylation sites (N-methyl/N-ethyl adjacent to an activating group) is 1. The third kappa shape index (κ3) is 4.15. The van der Waals surface area contributed by atoms with Crippen LogP contribution in [0.1, 0.15) is 19.4 Å². The molecule has 1 aromatic carbocycles.